The van der Waals surface area contributed by atoms with E-state index in [1.807, 2.05) is 0 Å². The number of benzene rings is 7. The van der Waals surface area contributed by atoms with Crippen molar-refractivity contribution in [1.29, 1.82) is 0 Å². The number of nitrogens with zero attached hydrogens (tertiary/aromatic N) is 3. The maximum Gasteiger partial charge on any atom is 0.260 e. The van der Waals surface area contributed by atoms with Gasteiger partial charge in [0.25, 0.3) is 6.71 Å². The second-order valence-corrected chi connectivity index (χ2v) is 24.6. The van der Waals surface area contributed by atoms with E-state index in [1.54, 1.807) is 0 Å². The molecule has 3 atom stereocenters. The first kappa shape index (κ1) is 51.3. The van der Waals surface area contributed by atoms with E-state index in [9.17, 15) is 0 Å². The lowest BCUT2D eigenvalue weighted by Gasteiger charge is -2.42. The Labute approximate surface area is 439 Å². The van der Waals surface area contributed by atoms with Gasteiger partial charge in [-0.1, -0.05) is 175 Å². The van der Waals surface area contributed by atoms with Gasteiger partial charge >= 0.3 is 0 Å². The smallest absolute Gasteiger partial charge is 0.260 e. The molecule has 0 radical (unpaired) electrons. The normalized spacial score (nSPS) is 14.4. The van der Waals surface area contributed by atoms with Gasteiger partial charge in [0.1, 0.15) is 23.0 Å². The molecule has 2 aliphatic rings. The van der Waals surface area contributed by atoms with E-state index in [-0.39, 0.29) is 40.5 Å². The van der Waals surface area contributed by atoms with Crippen molar-refractivity contribution in [2.75, 3.05) is 14.7 Å². The molecule has 0 amide bonds. The summed E-state index contributed by atoms with van der Waals surface area (Å²) >= 11 is 0. The van der Waals surface area contributed by atoms with Crippen molar-refractivity contribution in [3.63, 3.8) is 0 Å². The Kier molecular flexibility index (Phi) is 13.6. The largest absolute Gasteiger partial charge is 0.458 e. The molecule has 0 saturated carbocycles. The van der Waals surface area contributed by atoms with Crippen LogP contribution in [-0.2, 0) is 16.2 Å². The second kappa shape index (κ2) is 19.3. The van der Waals surface area contributed by atoms with E-state index < -0.39 is 0 Å². The van der Waals surface area contributed by atoms with Gasteiger partial charge < -0.3 is 24.2 Å². The zero-order chi connectivity index (χ0) is 52.4. The summed E-state index contributed by atoms with van der Waals surface area (Å²) < 4.78 is 14.0. The molecule has 9 rings (SSSR count). The quantitative estimate of drug-likeness (QED) is 0.0848. The molecule has 2 heterocycles. The van der Waals surface area contributed by atoms with Gasteiger partial charge in [0, 0.05) is 69.2 Å². The minimum absolute atomic E-state index is 0.000352. The fourth-order valence-corrected chi connectivity index (χ4v) is 10.6. The third kappa shape index (κ3) is 9.95. The van der Waals surface area contributed by atoms with Crippen molar-refractivity contribution in [2.45, 2.75) is 139 Å². The molecule has 0 saturated heterocycles. The number of hydrogen-bond acceptors (Lipinski definition) is 5. The Bertz CT molecular complexity index is 2990. The highest BCUT2D eigenvalue weighted by Crippen LogP contribution is 2.48. The molecule has 2 aliphatic heterocycles. The molecular formula is C67H78BN3O2. The van der Waals surface area contributed by atoms with Crippen LogP contribution in [0, 0.1) is 11.3 Å². The van der Waals surface area contributed by atoms with Crippen LogP contribution in [0.3, 0.4) is 0 Å². The lowest BCUT2D eigenvalue weighted by atomic mass is 9.35. The fourth-order valence-electron chi connectivity index (χ4n) is 10.6. The zero-order valence-electron chi connectivity index (χ0n) is 46.4. The summed E-state index contributed by atoms with van der Waals surface area (Å²) in [5, 5.41) is 0. The Hall–Kier alpha value is -6.66. The topological polar surface area (TPSA) is 28.2 Å². The van der Waals surface area contributed by atoms with Crippen molar-refractivity contribution < 1.29 is 9.47 Å². The maximum atomic E-state index is 6.98. The summed E-state index contributed by atoms with van der Waals surface area (Å²) in [7, 11) is 0. The molecule has 1 unspecified atom stereocenters. The molecule has 0 aliphatic carbocycles. The lowest BCUT2D eigenvalue weighted by molar-refractivity contribution is 0.389. The fraction of sp³-hybridized carbons (Fsp3) is 0.343. The van der Waals surface area contributed by atoms with Gasteiger partial charge in [0.2, 0.25) is 0 Å². The van der Waals surface area contributed by atoms with Crippen LogP contribution in [0.1, 0.15) is 127 Å². The summed E-state index contributed by atoms with van der Waals surface area (Å²) in [6, 6.07) is 56.4. The van der Waals surface area contributed by atoms with Crippen LogP contribution in [0.2, 0.25) is 0 Å². The summed E-state index contributed by atoms with van der Waals surface area (Å²) in [6.45, 7) is 39.0. The average Bonchev–Trinajstić information content (AvgIpc) is 3.35. The Balaban J connectivity index is 1.34. The first-order valence-corrected chi connectivity index (χ1v) is 26.7. The van der Waals surface area contributed by atoms with Crippen LogP contribution in [0.15, 0.2) is 164 Å². The van der Waals surface area contributed by atoms with Crippen LogP contribution < -0.4 is 40.6 Å². The molecule has 6 heteroatoms. The highest BCUT2D eigenvalue weighted by molar-refractivity contribution is 6.98. The van der Waals surface area contributed by atoms with Gasteiger partial charge in [-0.05, 0) is 130 Å². The number of rotatable bonds is 13. The van der Waals surface area contributed by atoms with E-state index in [0.29, 0.717) is 5.92 Å². The van der Waals surface area contributed by atoms with Crippen molar-refractivity contribution in [2.24, 2.45) is 11.3 Å². The summed E-state index contributed by atoms with van der Waals surface area (Å²) in [5.41, 5.74) is 14.4. The molecular weight excluding hydrogens is 890 g/mol. The van der Waals surface area contributed by atoms with Crippen molar-refractivity contribution in [1.82, 2.24) is 0 Å². The minimum atomic E-state index is -0.343. The lowest BCUT2D eigenvalue weighted by Crippen LogP contribution is -2.57. The zero-order valence-corrected chi connectivity index (χ0v) is 46.4. The van der Waals surface area contributed by atoms with Crippen molar-refractivity contribution >= 4 is 62.9 Å². The predicted octanol–water partition coefficient (Wildman–Crippen LogP) is 17.1. The molecule has 376 valence electrons. The molecule has 0 spiro atoms. The molecule has 7 aromatic carbocycles. The van der Waals surface area contributed by atoms with E-state index >= 15 is 0 Å². The highest BCUT2D eigenvalue weighted by Gasteiger charge is 2.42. The Morgan fingerprint density at radius 1 is 0.466 bits per heavy atom. The van der Waals surface area contributed by atoms with Crippen LogP contribution in [0.4, 0.5) is 39.8 Å². The molecule has 73 heavy (non-hydrogen) atoms. The summed E-state index contributed by atoms with van der Waals surface area (Å²) in [4.78, 5) is 7.54. The molecule has 0 aromatic heterocycles. The number of fused-ring (bicyclic) bond motifs is 4. The van der Waals surface area contributed by atoms with E-state index in [2.05, 4.69) is 283 Å². The maximum absolute atomic E-state index is 6.98. The number of ether oxygens (including phenoxy) is 2. The van der Waals surface area contributed by atoms with E-state index in [0.717, 1.165) is 85.6 Å². The SMILES string of the molecule is C=CC(C)(C)[C@@H](C)N(c1cc(N(c2ccc(C(C)(C)C)cc2)c2ccc(C(C)(C)C)cc2)cc(N(c2ccc(C(C)(C)C)cc2)C(C)[C@H](C)CC)c1)c1cc2c3c(c1)Oc1ccccc1B3c1ccccc1O2. The first-order chi connectivity index (χ1) is 34.5. The standard InChI is InChI=1S/C67H78BN3O2/c1-17-44(3)45(4)69(50-33-27-47(28-34-50)64(6,7)8)53-39-54(41-55(40-53)71(51-35-29-48(30-36-51)65(9,10)11)52-37-31-49(32-38-52)66(12,13)14)70(46(5)67(15,16)18-2)56-42-61-63-62(43-56)73-60-26-22-20-24-58(60)68(63)57-23-19-21-25-59(57)72-61/h18-46H,2,17H2,1,3-16H3/t44-,45?,46-/m1/s1. The number of anilines is 7. The van der Waals surface area contributed by atoms with Crippen LogP contribution in [-0.4, -0.2) is 18.8 Å². The van der Waals surface area contributed by atoms with Gasteiger partial charge in [-0.25, -0.2) is 0 Å². The minimum Gasteiger partial charge on any atom is -0.458 e. The molecule has 0 bridgehead atoms. The van der Waals surface area contributed by atoms with Crippen LogP contribution in [0.5, 0.6) is 23.0 Å². The number of para-hydroxylation sites is 2. The summed E-state index contributed by atoms with van der Waals surface area (Å²) in [6.07, 6.45) is 3.14. The Morgan fingerprint density at radius 2 is 0.849 bits per heavy atom. The van der Waals surface area contributed by atoms with Crippen LogP contribution in [0.25, 0.3) is 0 Å². The van der Waals surface area contributed by atoms with E-state index in [4.69, 9.17) is 9.47 Å². The highest BCUT2D eigenvalue weighted by atomic mass is 16.5. The molecule has 5 nitrogen and oxygen atoms in total. The van der Waals surface area contributed by atoms with Gasteiger partial charge in [-0.2, -0.15) is 0 Å². The third-order valence-corrected chi connectivity index (χ3v) is 16.1. The van der Waals surface area contributed by atoms with Crippen molar-refractivity contribution in [3.8, 4) is 23.0 Å². The van der Waals surface area contributed by atoms with Gasteiger partial charge in [0.05, 0.1) is 5.69 Å². The monoisotopic (exact) mass is 968 g/mol. The van der Waals surface area contributed by atoms with Crippen LogP contribution >= 0.6 is 0 Å². The predicted molar refractivity (Wildman–Crippen MR) is 314 cm³/mol. The molecule has 0 N–H and O–H groups in total. The second-order valence-electron chi connectivity index (χ2n) is 24.6. The molecule has 7 aromatic rings. The number of hydrogen-bond donors (Lipinski definition) is 0. The van der Waals surface area contributed by atoms with Gasteiger partial charge in [0.15, 0.2) is 0 Å². The average molecular weight is 968 g/mol. The van der Waals surface area contributed by atoms with Gasteiger partial charge in [-0.3, -0.25) is 0 Å². The van der Waals surface area contributed by atoms with E-state index in [1.165, 1.54) is 16.7 Å². The molecule has 0 fully saturated rings. The van der Waals surface area contributed by atoms with Gasteiger partial charge in [-0.15, -0.1) is 6.58 Å². The Morgan fingerprint density at radius 3 is 1.26 bits per heavy atom. The summed E-state index contributed by atoms with van der Waals surface area (Å²) in [5.74, 6) is 3.74. The third-order valence-electron chi connectivity index (χ3n) is 16.1. The first-order valence-electron chi connectivity index (χ1n) is 26.7. The van der Waals surface area contributed by atoms with Crippen molar-refractivity contribution in [3.05, 3.63) is 181 Å².